The highest BCUT2D eigenvalue weighted by Crippen LogP contribution is 1.93. The van der Waals surface area contributed by atoms with Crippen LogP contribution in [0.2, 0.25) is 0 Å². The zero-order chi connectivity index (χ0) is 15.7. The van der Waals surface area contributed by atoms with Gasteiger partial charge in [0, 0.05) is 12.7 Å². The Morgan fingerprint density at radius 3 is 2.00 bits per heavy atom. The predicted octanol–water partition coefficient (Wildman–Crippen LogP) is 4.09. The Labute approximate surface area is 119 Å². The van der Waals surface area contributed by atoms with Gasteiger partial charge in [0.2, 0.25) is 0 Å². The molecule has 1 aromatic heterocycles. The Morgan fingerprint density at radius 1 is 1.16 bits per heavy atom. The molecule has 0 unspecified atom stereocenters. The van der Waals surface area contributed by atoms with Gasteiger partial charge in [-0.1, -0.05) is 61.3 Å². The molecular weight excluding hydrogens is 238 g/mol. The molecule has 1 heterocycles. The van der Waals surface area contributed by atoms with Gasteiger partial charge in [-0.25, -0.2) is 4.79 Å². The number of unbranched alkanes of at least 4 members (excludes halogenated alkanes) is 1. The summed E-state index contributed by atoms with van der Waals surface area (Å²) in [5, 5.41) is 0. The Balaban J connectivity index is -0.000000313. The molecule has 0 bridgehead atoms. The van der Waals surface area contributed by atoms with Crippen LogP contribution >= 0.6 is 0 Å². The van der Waals surface area contributed by atoms with Crippen LogP contribution in [-0.2, 0) is 6.54 Å². The van der Waals surface area contributed by atoms with E-state index in [2.05, 4.69) is 25.8 Å². The largest absolute Gasteiger partial charge is 0.383 e. The summed E-state index contributed by atoms with van der Waals surface area (Å²) in [7, 11) is 0. The van der Waals surface area contributed by atoms with Gasteiger partial charge in [0.1, 0.15) is 5.82 Å². The Bertz CT molecular complexity index is 321. The molecule has 114 valence electrons. The number of hydrogen-bond donors (Lipinski definition) is 1. The summed E-state index contributed by atoms with van der Waals surface area (Å²) in [6, 6.07) is 1.64. The van der Waals surface area contributed by atoms with Crippen LogP contribution in [0.4, 0.5) is 5.82 Å². The maximum atomic E-state index is 11.1. The van der Waals surface area contributed by atoms with Gasteiger partial charge < -0.3 is 5.73 Å². The second-order valence-electron chi connectivity index (χ2n) is 3.39. The number of rotatable bonds is 3. The topological polar surface area (TPSA) is 60.9 Å². The fourth-order valence-corrected chi connectivity index (χ4v) is 0.941. The smallest absolute Gasteiger partial charge is 0.349 e. The summed E-state index contributed by atoms with van der Waals surface area (Å²) in [6.45, 7) is 15.1. The van der Waals surface area contributed by atoms with Gasteiger partial charge in [-0.15, -0.1) is 0 Å². The van der Waals surface area contributed by atoms with Crippen LogP contribution in [-0.4, -0.2) is 9.55 Å². The Morgan fingerprint density at radius 2 is 1.63 bits per heavy atom. The predicted molar refractivity (Wildman–Crippen MR) is 86.5 cm³/mol. The van der Waals surface area contributed by atoms with Gasteiger partial charge in [0.05, 0.1) is 0 Å². The molecule has 0 saturated carbocycles. The van der Waals surface area contributed by atoms with E-state index in [1.165, 1.54) is 6.42 Å². The second kappa shape index (κ2) is 19.0. The normalized spacial score (nSPS) is 7.95. The Kier molecular flexibility index (Phi) is 22.9. The van der Waals surface area contributed by atoms with Crippen molar-refractivity contribution in [2.75, 3.05) is 5.73 Å². The summed E-state index contributed by atoms with van der Waals surface area (Å²) in [5.41, 5.74) is 5.07. The second-order valence-corrected chi connectivity index (χ2v) is 3.39. The zero-order valence-corrected chi connectivity index (χ0v) is 13.9. The molecule has 0 aliphatic carbocycles. The van der Waals surface area contributed by atoms with Crippen molar-refractivity contribution in [3.05, 3.63) is 22.7 Å². The van der Waals surface area contributed by atoms with Gasteiger partial charge in [-0.05, 0) is 12.5 Å². The Hall–Kier alpha value is -1.32. The molecule has 1 aromatic rings. The molecule has 0 aliphatic heterocycles. The van der Waals surface area contributed by atoms with Gasteiger partial charge in [0.15, 0.2) is 0 Å². The van der Waals surface area contributed by atoms with Gasteiger partial charge in [0.25, 0.3) is 0 Å². The number of anilines is 1. The molecule has 0 amide bonds. The molecule has 2 N–H and O–H groups in total. The maximum Gasteiger partial charge on any atom is 0.349 e. The first-order valence-corrected chi connectivity index (χ1v) is 7.48. The number of nitrogens with zero attached hydrogens (tertiary/aromatic N) is 2. The van der Waals surface area contributed by atoms with Crippen LogP contribution in [0, 0.1) is 0 Å². The van der Waals surface area contributed by atoms with E-state index in [1.807, 2.05) is 27.7 Å². The number of aromatic nitrogens is 2. The molecule has 0 aromatic carbocycles. The first-order valence-electron chi connectivity index (χ1n) is 7.48. The quantitative estimate of drug-likeness (QED) is 0.900. The zero-order valence-electron chi connectivity index (χ0n) is 13.9. The highest BCUT2D eigenvalue weighted by Gasteiger charge is 1.95. The molecule has 4 heteroatoms. The molecule has 0 aliphatic rings. The van der Waals surface area contributed by atoms with Crippen LogP contribution in [0.3, 0.4) is 0 Å². The molecule has 19 heavy (non-hydrogen) atoms. The van der Waals surface area contributed by atoms with Gasteiger partial charge in [-0.3, -0.25) is 4.57 Å². The lowest BCUT2D eigenvalue weighted by Gasteiger charge is -2.02. The minimum absolute atomic E-state index is 0.261. The van der Waals surface area contributed by atoms with E-state index in [9.17, 15) is 4.79 Å². The molecule has 0 atom stereocenters. The van der Waals surface area contributed by atoms with Crippen molar-refractivity contribution in [3.8, 4) is 0 Å². The lowest BCUT2D eigenvalue weighted by molar-refractivity contribution is 0.600. The summed E-state index contributed by atoms with van der Waals surface area (Å²) in [6.07, 6.45) is 4.99. The maximum absolute atomic E-state index is 11.1. The fourth-order valence-electron chi connectivity index (χ4n) is 0.941. The monoisotopic (exact) mass is 271 g/mol. The lowest BCUT2D eigenvalue weighted by Crippen LogP contribution is -2.23. The van der Waals surface area contributed by atoms with Gasteiger partial charge in [-0.2, -0.15) is 4.98 Å². The molecule has 0 saturated heterocycles. The third kappa shape index (κ3) is 14.6. The molecule has 4 nitrogen and oxygen atoms in total. The molecule has 1 rings (SSSR count). The van der Waals surface area contributed by atoms with Crippen molar-refractivity contribution in [1.82, 2.24) is 9.55 Å². The van der Waals surface area contributed by atoms with Crippen LogP contribution in [0.1, 0.15) is 67.7 Å². The molecular formula is C15H33N3O. The van der Waals surface area contributed by atoms with Gasteiger partial charge >= 0.3 is 5.69 Å². The van der Waals surface area contributed by atoms with Crippen molar-refractivity contribution < 1.29 is 0 Å². The molecule has 0 fully saturated rings. The first-order chi connectivity index (χ1) is 9.15. The van der Waals surface area contributed by atoms with E-state index in [-0.39, 0.29) is 11.5 Å². The number of aryl methyl sites for hydroxylation is 1. The van der Waals surface area contributed by atoms with Crippen molar-refractivity contribution in [3.63, 3.8) is 0 Å². The van der Waals surface area contributed by atoms with Crippen molar-refractivity contribution in [1.29, 1.82) is 0 Å². The minimum atomic E-state index is -0.261. The van der Waals surface area contributed by atoms with E-state index in [4.69, 9.17) is 5.73 Å². The fraction of sp³-hybridized carbons (Fsp3) is 0.733. The average molecular weight is 271 g/mol. The van der Waals surface area contributed by atoms with Crippen LogP contribution in [0.25, 0.3) is 0 Å². The number of nitrogens with two attached hydrogens (primary N) is 1. The summed E-state index contributed by atoms with van der Waals surface area (Å²) in [4.78, 5) is 14.7. The molecule has 0 spiro atoms. The van der Waals surface area contributed by atoms with Crippen LogP contribution in [0.5, 0.6) is 0 Å². The van der Waals surface area contributed by atoms with Crippen molar-refractivity contribution in [2.24, 2.45) is 0 Å². The minimum Gasteiger partial charge on any atom is -0.383 e. The van der Waals surface area contributed by atoms with Crippen molar-refractivity contribution in [2.45, 2.75) is 74.3 Å². The SMILES string of the molecule is CC.CC.CCC.CCCCn1ccc(N)nc1=O. The average Bonchev–Trinajstić information content (AvgIpc) is 2.43. The van der Waals surface area contributed by atoms with Crippen LogP contribution < -0.4 is 11.4 Å². The van der Waals surface area contributed by atoms with E-state index >= 15 is 0 Å². The van der Waals surface area contributed by atoms with E-state index < -0.39 is 0 Å². The summed E-state index contributed by atoms with van der Waals surface area (Å²) < 4.78 is 1.57. The highest BCUT2D eigenvalue weighted by atomic mass is 16.1. The number of hydrogen-bond acceptors (Lipinski definition) is 3. The molecule has 0 radical (unpaired) electrons. The van der Waals surface area contributed by atoms with E-state index in [0.717, 1.165) is 19.4 Å². The van der Waals surface area contributed by atoms with Crippen LogP contribution in [0.15, 0.2) is 17.1 Å². The van der Waals surface area contributed by atoms with E-state index in [0.29, 0.717) is 0 Å². The highest BCUT2D eigenvalue weighted by molar-refractivity contribution is 5.23. The third-order valence-corrected chi connectivity index (χ3v) is 1.65. The van der Waals surface area contributed by atoms with E-state index in [1.54, 1.807) is 16.8 Å². The number of nitrogen functional groups attached to an aromatic ring is 1. The first kappa shape index (κ1) is 22.8. The summed E-state index contributed by atoms with van der Waals surface area (Å²) in [5.74, 6) is 0.285. The lowest BCUT2D eigenvalue weighted by atomic mass is 10.3. The standard InChI is InChI=1S/C8H13N3O.C3H8.2C2H6/c1-2-3-5-11-6-4-7(9)10-8(11)12;1-3-2;2*1-2/h4,6H,2-3,5H2,1H3,(H2,9,10,12);3H2,1-2H3;2*1-2H3. The van der Waals surface area contributed by atoms with Crippen molar-refractivity contribution >= 4 is 5.82 Å². The summed E-state index contributed by atoms with van der Waals surface area (Å²) >= 11 is 0. The third-order valence-electron chi connectivity index (χ3n) is 1.65.